The Kier molecular flexibility index (Phi) is 5.46. The van der Waals surface area contributed by atoms with Crippen molar-refractivity contribution in [2.75, 3.05) is 20.8 Å². The number of rotatable bonds is 6. The van der Waals surface area contributed by atoms with Crippen LogP contribution in [0.25, 0.3) is 0 Å². The lowest BCUT2D eigenvalue weighted by molar-refractivity contribution is -0.0990. The van der Waals surface area contributed by atoms with Gasteiger partial charge in [-0.15, -0.1) is 0 Å². The highest BCUT2D eigenvalue weighted by molar-refractivity contribution is 14.1. The Morgan fingerprint density at radius 1 is 1.43 bits per heavy atom. The fourth-order valence-corrected chi connectivity index (χ4v) is 1.49. The summed E-state index contributed by atoms with van der Waals surface area (Å²) in [7, 11) is 3.23. The summed E-state index contributed by atoms with van der Waals surface area (Å²) < 4.78 is 16.3. The van der Waals surface area contributed by atoms with Crippen molar-refractivity contribution >= 4 is 22.6 Å². The van der Waals surface area contributed by atoms with Gasteiger partial charge in [-0.3, -0.25) is 0 Å². The normalized spacial score (nSPS) is 11.1. The zero-order valence-corrected chi connectivity index (χ0v) is 10.4. The van der Waals surface area contributed by atoms with Crippen LogP contribution in [-0.4, -0.2) is 27.1 Å². The highest BCUT2D eigenvalue weighted by Crippen LogP contribution is 2.09. The Morgan fingerprint density at radius 3 is 2.64 bits per heavy atom. The Balaban J connectivity index is 2.21. The Hall–Kier alpha value is -0.110. The summed E-state index contributed by atoms with van der Waals surface area (Å²) in [6.45, 7) is 1.33. The van der Waals surface area contributed by atoms with Gasteiger partial charge in [-0.25, -0.2) is 0 Å². The first kappa shape index (κ1) is 12.0. The van der Waals surface area contributed by atoms with E-state index in [9.17, 15) is 0 Å². The number of halogens is 1. The van der Waals surface area contributed by atoms with E-state index in [2.05, 4.69) is 27.9 Å². The predicted octanol–water partition coefficient (Wildman–Crippen LogP) is 1.59. The molecule has 0 aromatic carbocycles. The van der Waals surface area contributed by atoms with Gasteiger partial charge in [0.15, 0.2) is 10.1 Å². The molecule has 0 fully saturated rings. The van der Waals surface area contributed by atoms with Gasteiger partial charge in [-0.1, -0.05) is 0 Å². The van der Waals surface area contributed by atoms with Crippen molar-refractivity contribution in [1.29, 1.82) is 0 Å². The van der Waals surface area contributed by atoms with Crippen LogP contribution in [0.4, 0.5) is 0 Å². The van der Waals surface area contributed by atoms with Crippen LogP contribution in [0.2, 0.25) is 0 Å². The third-order valence-corrected chi connectivity index (χ3v) is 2.34. The summed E-state index contributed by atoms with van der Waals surface area (Å²) in [5.74, 6) is 0.917. The van der Waals surface area contributed by atoms with Crippen molar-refractivity contribution in [2.45, 2.75) is 12.8 Å². The lowest BCUT2D eigenvalue weighted by Crippen LogP contribution is -2.29. The van der Waals surface area contributed by atoms with Gasteiger partial charge in [-0.05, 0) is 34.7 Å². The maximum atomic E-state index is 5.38. The average Bonchev–Trinajstić information content (AvgIpc) is 2.59. The van der Waals surface area contributed by atoms with Gasteiger partial charge in [-0.2, -0.15) is 0 Å². The maximum absolute atomic E-state index is 5.38. The largest absolute Gasteiger partial charge is 0.454 e. The molecule has 4 nitrogen and oxygen atoms in total. The van der Waals surface area contributed by atoms with E-state index in [1.807, 2.05) is 12.1 Å². The number of furan rings is 1. The third kappa shape index (κ3) is 3.95. The number of hydrogen-bond acceptors (Lipinski definition) is 4. The van der Waals surface area contributed by atoms with Gasteiger partial charge in [0.25, 0.3) is 0 Å². The molecule has 5 heteroatoms. The first-order chi connectivity index (χ1) is 6.76. The molecule has 0 atom stereocenters. The molecular formula is C9H14INO3. The lowest BCUT2D eigenvalue weighted by Gasteiger charge is -2.13. The van der Waals surface area contributed by atoms with E-state index in [0.29, 0.717) is 13.1 Å². The van der Waals surface area contributed by atoms with Crippen molar-refractivity contribution in [3.8, 4) is 0 Å². The summed E-state index contributed by atoms with van der Waals surface area (Å²) in [6.07, 6.45) is -0.205. The third-order valence-electron chi connectivity index (χ3n) is 1.76. The zero-order chi connectivity index (χ0) is 10.4. The van der Waals surface area contributed by atoms with E-state index in [0.717, 1.165) is 9.53 Å². The second kappa shape index (κ2) is 6.39. The van der Waals surface area contributed by atoms with Gasteiger partial charge in [0, 0.05) is 20.8 Å². The Morgan fingerprint density at radius 2 is 2.14 bits per heavy atom. The van der Waals surface area contributed by atoms with Crippen LogP contribution in [0.1, 0.15) is 5.76 Å². The topological polar surface area (TPSA) is 43.6 Å². The maximum Gasteiger partial charge on any atom is 0.169 e. The van der Waals surface area contributed by atoms with Crippen molar-refractivity contribution in [3.05, 3.63) is 21.7 Å². The monoisotopic (exact) mass is 311 g/mol. The second-order valence-corrected chi connectivity index (χ2v) is 3.80. The van der Waals surface area contributed by atoms with Gasteiger partial charge >= 0.3 is 0 Å². The number of ether oxygens (including phenoxy) is 2. The van der Waals surface area contributed by atoms with Crippen LogP contribution in [0, 0.1) is 3.77 Å². The van der Waals surface area contributed by atoms with E-state index < -0.39 is 0 Å². The molecule has 0 saturated heterocycles. The van der Waals surface area contributed by atoms with Gasteiger partial charge in [0.05, 0.1) is 6.54 Å². The summed E-state index contributed by atoms with van der Waals surface area (Å²) in [6, 6.07) is 3.88. The molecule has 0 amide bonds. The summed E-state index contributed by atoms with van der Waals surface area (Å²) >= 11 is 2.14. The molecule has 1 aromatic heterocycles. The first-order valence-electron chi connectivity index (χ1n) is 4.26. The molecule has 1 heterocycles. The van der Waals surface area contributed by atoms with Gasteiger partial charge in [0.1, 0.15) is 5.76 Å². The van der Waals surface area contributed by atoms with Gasteiger partial charge < -0.3 is 19.2 Å². The van der Waals surface area contributed by atoms with E-state index in [1.54, 1.807) is 14.2 Å². The second-order valence-electron chi connectivity index (χ2n) is 2.74. The summed E-state index contributed by atoms with van der Waals surface area (Å²) in [5.41, 5.74) is 0. The molecule has 0 saturated carbocycles. The molecule has 0 aliphatic rings. The predicted molar refractivity (Wildman–Crippen MR) is 60.9 cm³/mol. The minimum atomic E-state index is -0.205. The minimum absolute atomic E-state index is 0.205. The fraction of sp³-hybridized carbons (Fsp3) is 0.556. The molecule has 0 aliphatic heterocycles. The van der Waals surface area contributed by atoms with Crippen LogP contribution >= 0.6 is 22.6 Å². The van der Waals surface area contributed by atoms with Crippen LogP contribution < -0.4 is 5.32 Å². The first-order valence-corrected chi connectivity index (χ1v) is 5.34. The van der Waals surface area contributed by atoms with Crippen molar-refractivity contribution in [1.82, 2.24) is 5.32 Å². The van der Waals surface area contributed by atoms with E-state index >= 15 is 0 Å². The van der Waals surface area contributed by atoms with E-state index in [4.69, 9.17) is 13.9 Å². The molecule has 0 bridgehead atoms. The average molecular weight is 311 g/mol. The molecule has 0 spiro atoms. The molecule has 1 aromatic rings. The number of methoxy groups -OCH3 is 2. The molecule has 80 valence electrons. The minimum Gasteiger partial charge on any atom is -0.454 e. The smallest absolute Gasteiger partial charge is 0.169 e. The summed E-state index contributed by atoms with van der Waals surface area (Å²) in [4.78, 5) is 0. The Labute approximate surface area is 97.1 Å². The molecule has 0 radical (unpaired) electrons. The molecule has 0 unspecified atom stereocenters. The molecular weight excluding hydrogens is 297 g/mol. The molecule has 1 N–H and O–H groups in total. The van der Waals surface area contributed by atoms with E-state index in [-0.39, 0.29) is 6.29 Å². The number of nitrogens with one attached hydrogen (secondary N) is 1. The van der Waals surface area contributed by atoms with Crippen molar-refractivity contribution in [2.24, 2.45) is 0 Å². The fourth-order valence-electron chi connectivity index (χ4n) is 1.02. The quantitative estimate of drug-likeness (QED) is 0.640. The number of hydrogen-bond donors (Lipinski definition) is 1. The molecule has 1 rings (SSSR count). The lowest BCUT2D eigenvalue weighted by atomic mass is 10.4. The van der Waals surface area contributed by atoms with E-state index in [1.165, 1.54) is 0 Å². The van der Waals surface area contributed by atoms with Crippen molar-refractivity contribution < 1.29 is 13.9 Å². The van der Waals surface area contributed by atoms with Gasteiger partial charge in [0.2, 0.25) is 0 Å². The van der Waals surface area contributed by atoms with Crippen LogP contribution in [0.5, 0.6) is 0 Å². The molecule has 0 aliphatic carbocycles. The summed E-state index contributed by atoms with van der Waals surface area (Å²) in [5, 5.41) is 3.17. The van der Waals surface area contributed by atoms with Crippen molar-refractivity contribution in [3.63, 3.8) is 0 Å². The highest BCUT2D eigenvalue weighted by atomic mass is 127. The van der Waals surface area contributed by atoms with Crippen LogP contribution in [-0.2, 0) is 16.0 Å². The SMILES string of the molecule is COC(CNCc1ccc(I)o1)OC. The standard InChI is InChI=1S/C9H14INO3/c1-12-9(13-2)6-11-5-7-3-4-8(10)14-7/h3-4,9,11H,5-6H2,1-2H3. The highest BCUT2D eigenvalue weighted by Gasteiger charge is 2.04. The molecule has 14 heavy (non-hydrogen) atoms. The zero-order valence-electron chi connectivity index (χ0n) is 8.25. The van der Waals surface area contributed by atoms with Crippen LogP contribution in [0.15, 0.2) is 16.5 Å². The Bertz CT molecular complexity index is 260. The van der Waals surface area contributed by atoms with Crippen LogP contribution in [0.3, 0.4) is 0 Å².